The van der Waals surface area contributed by atoms with Crippen molar-refractivity contribution >= 4 is 6.01 Å². The Morgan fingerprint density at radius 3 is 2.12 bits per heavy atom. The molecule has 0 spiro atoms. The molecule has 4 bridgehead atoms. The van der Waals surface area contributed by atoms with Crippen molar-refractivity contribution in [2.45, 2.75) is 43.9 Å². The summed E-state index contributed by atoms with van der Waals surface area (Å²) in [5.41, 5.74) is 0.233. The van der Waals surface area contributed by atoms with Crippen LogP contribution in [0.25, 0.3) is 0 Å². The van der Waals surface area contributed by atoms with Crippen LogP contribution < -0.4 is 5.32 Å². The lowest BCUT2D eigenvalue weighted by Gasteiger charge is -2.55. The lowest BCUT2D eigenvalue weighted by Crippen LogP contribution is -2.48. The minimum absolute atomic E-state index is 0.233. The van der Waals surface area contributed by atoms with Crippen molar-refractivity contribution in [3.8, 4) is 0 Å². The van der Waals surface area contributed by atoms with Crippen molar-refractivity contribution in [2.24, 2.45) is 17.8 Å². The van der Waals surface area contributed by atoms with Gasteiger partial charge in [-0.2, -0.15) is 0 Å². The standard InChI is InChI=1S/C13H19N3O/c1-14-12-16-15-11(17-12)13-5-8-2-9(6-13)4-10(3-8)7-13/h8-10H,2-7H2,1H3,(H,14,16). The van der Waals surface area contributed by atoms with Gasteiger partial charge in [-0.3, -0.25) is 0 Å². The second-order valence-corrected chi connectivity index (χ2v) is 6.36. The Balaban J connectivity index is 1.72. The predicted molar refractivity (Wildman–Crippen MR) is 63.7 cm³/mol. The highest BCUT2D eigenvalue weighted by Crippen LogP contribution is 2.60. The molecule has 0 radical (unpaired) electrons. The summed E-state index contributed by atoms with van der Waals surface area (Å²) in [7, 11) is 1.83. The third-order valence-electron chi connectivity index (χ3n) is 5.13. The van der Waals surface area contributed by atoms with E-state index >= 15 is 0 Å². The van der Waals surface area contributed by atoms with Gasteiger partial charge in [0, 0.05) is 12.5 Å². The smallest absolute Gasteiger partial charge is 0.315 e. The molecule has 0 unspecified atom stereocenters. The van der Waals surface area contributed by atoms with Crippen molar-refractivity contribution in [3.63, 3.8) is 0 Å². The third kappa shape index (κ3) is 1.36. The summed E-state index contributed by atoms with van der Waals surface area (Å²) in [5, 5.41) is 11.3. The molecular formula is C13H19N3O. The first kappa shape index (κ1) is 9.92. The first-order valence-electron chi connectivity index (χ1n) is 6.79. The summed E-state index contributed by atoms with van der Waals surface area (Å²) in [6.45, 7) is 0. The van der Waals surface area contributed by atoms with Crippen molar-refractivity contribution in [1.29, 1.82) is 0 Å². The van der Waals surface area contributed by atoms with Gasteiger partial charge in [-0.25, -0.2) is 0 Å². The zero-order valence-electron chi connectivity index (χ0n) is 10.3. The molecule has 4 nitrogen and oxygen atoms in total. The zero-order valence-corrected chi connectivity index (χ0v) is 10.3. The Morgan fingerprint density at radius 2 is 1.65 bits per heavy atom. The Labute approximate surface area is 101 Å². The predicted octanol–water partition coefficient (Wildman–Crippen LogP) is 2.58. The fourth-order valence-electron chi connectivity index (χ4n) is 4.91. The quantitative estimate of drug-likeness (QED) is 0.853. The van der Waals surface area contributed by atoms with E-state index in [0.29, 0.717) is 6.01 Å². The molecule has 92 valence electrons. The monoisotopic (exact) mass is 233 g/mol. The first-order chi connectivity index (χ1) is 8.27. The fraction of sp³-hybridized carbons (Fsp3) is 0.846. The van der Waals surface area contributed by atoms with Crippen LogP contribution in [0.5, 0.6) is 0 Å². The van der Waals surface area contributed by atoms with Gasteiger partial charge in [-0.1, -0.05) is 5.10 Å². The lowest BCUT2D eigenvalue weighted by molar-refractivity contribution is -0.0175. The van der Waals surface area contributed by atoms with Crippen molar-refractivity contribution in [1.82, 2.24) is 10.2 Å². The molecule has 4 heteroatoms. The highest BCUT2D eigenvalue weighted by molar-refractivity contribution is 5.20. The van der Waals surface area contributed by atoms with E-state index in [1.807, 2.05) is 7.05 Å². The number of aromatic nitrogens is 2. The number of rotatable bonds is 2. The maximum absolute atomic E-state index is 5.78. The summed E-state index contributed by atoms with van der Waals surface area (Å²) < 4.78 is 5.78. The molecule has 1 N–H and O–H groups in total. The van der Waals surface area contributed by atoms with Gasteiger partial charge in [0.25, 0.3) is 0 Å². The van der Waals surface area contributed by atoms with E-state index in [9.17, 15) is 0 Å². The second-order valence-electron chi connectivity index (χ2n) is 6.36. The molecule has 0 atom stereocenters. The van der Waals surface area contributed by atoms with E-state index in [1.54, 1.807) is 0 Å². The molecule has 0 amide bonds. The molecule has 0 aliphatic heterocycles. The van der Waals surface area contributed by atoms with E-state index in [-0.39, 0.29) is 5.41 Å². The van der Waals surface area contributed by atoms with Gasteiger partial charge in [0.2, 0.25) is 5.89 Å². The Bertz CT molecular complexity index is 404. The number of hydrogen-bond acceptors (Lipinski definition) is 4. The molecule has 1 heterocycles. The van der Waals surface area contributed by atoms with Gasteiger partial charge in [-0.05, 0) is 56.3 Å². The maximum atomic E-state index is 5.78. The average Bonchev–Trinajstić information content (AvgIpc) is 2.76. The van der Waals surface area contributed by atoms with Crippen LogP contribution >= 0.6 is 0 Å². The molecule has 4 aliphatic rings. The summed E-state index contributed by atoms with van der Waals surface area (Å²) >= 11 is 0. The number of nitrogens with zero attached hydrogens (tertiary/aromatic N) is 2. The Hall–Kier alpha value is -1.06. The Kier molecular flexibility index (Phi) is 1.89. The highest BCUT2D eigenvalue weighted by Gasteiger charge is 2.54. The molecule has 1 aromatic rings. The van der Waals surface area contributed by atoms with E-state index < -0.39 is 0 Å². The Morgan fingerprint density at radius 1 is 1.06 bits per heavy atom. The maximum Gasteiger partial charge on any atom is 0.315 e. The van der Waals surface area contributed by atoms with Crippen LogP contribution in [-0.2, 0) is 5.41 Å². The van der Waals surface area contributed by atoms with Crippen LogP contribution in [0, 0.1) is 17.8 Å². The van der Waals surface area contributed by atoms with Crippen LogP contribution in [0.15, 0.2) is 4.42 Å². The average molecular weight is 233 g/mol. The first-order valence-corrected chi connectivity index (χ1v) is 6.79. The van der Waals surface area contributed by atoms with Gasteiger partial charge in [0.15, 0.2) is 0 Å². The highest BCUT2D eigenvalue weighted by atomic mass is 16.4. The second kappa shape index (κ2) is 3.24. The van der Waals surface area contributed by atoms with Gasteiger partial charge >= 0.3 is 6.01 Å². The minimum atomic E-state index is 0.233. The van der Waals surface area contributed by atoms with Crippen LogP contribution in [-0.4, -0.2) is 17.2 Å². The largest absolute Gasteiger partial charge is 0.408 e. The van der Waals surface area contributed by atoms with Crippen LogP contribution in [0.4, 0.5) is 6.01 Å². The molecule has 0 saturated heterocycles. The van der Waals surface area contributed by atoms with Crippen LogP contribution in [0.1, 0.15) is 44.4 Å². The van der Waals surface area contributed by atoms with Gasteiger partial charge in [-0.15, -0.1) is 5.10 Å². The van der Waals surface area contributed by atoms with Crippen LogP contribution in [0.2, 0.25) is 0 Å². The number of nitrogens with one attached hydrogen (secondary N) is 1. The zero-order chi connectivity index (χ0) is 11.5. The normalized spacial score (nSPS) is 43.0. The summed E-state index contributed by atoms with van der Waals surface area (Å²) in [6, 6.07) is 0.566. The fourth-order valence-corrected chi connectivity index (χ4v) is 4.91. The molecular weight excluding hydrogens is 214 g/mol. The lowest BCUT2D eigenvalue weighted by atomic mass is 9.49. The van der Waals surface area contributed by atoms with Gasteiger partial charge in [0.05, 0.1) is 0 Å². The van der Waals surface area contributed by atoms with E-state index in [2.05, 4.69) is 15.5 Å². The minimum Gasteiger partial charge on any atom is -0.408 e. The van der Waals surface area contributed by atoms with Gasteiger partial charge in [0.1, 0.15) is 0 Å². The van der Waals surface area contributed by atoms with Crippen molar-refractivity contribution in [3.05, 3.63) is 5.89 Å². The summed E-state index contributed by atoms with van der Waals surface area (Å²) in [5.74, 6) is 3.67. The summed E-state index contributed by atoms with van der Waals surface area (Å²) in [6.07, 6.45) is 8.20. The number of anilines is 1. The molecule has 4 aliphatic carbocycles. The topological polar surface area (TPSA) is 51.0 Å². The van der Waals surface area contributed by atoms with Gasteiger partial charge < -0.3 is 9.73 Å². The molecule has 1 aromatic heterocycles. The van der Waals surface area contributed by atoms with E-state index in [0.717, 1.165) is 23.6 Å². The molecule has 4 saturated carbocycles. The molecule has 5 rings (SSSR count). The summed E-state index contributed by atoms with van der Waals surface area (Å²) in [4.78, 5) is 0. The third-order valence-corrected chi connectivity index (χ3v) is 5.13. The molecule has 17 heavy (non-hydrogen) atoms. The van der Waals surface area contributed by atoms with Crippen molar-refractivity contribution in [2.75, 3.05) is 12.4 Å². The SMILES string of the molecule is CNc1nnc(C23CC4CC(CC(C4)C2)C3)o1. The number of hydrogen-bond donors (Lipinski definition) is 1. The van der Waals surface area contributed by atoms with Crippen molar-refractivity contribution < 1.29 is 4.42 Å². The molecule has 4 fully saturated rings. The van der Waals surface area contributed by atoms with Crippen LogP contribution in [0.3, 0.4) is 0 Å². The van der Waals surface area contributed by atoms with E-state index in [1.165, 1.54) is 38.5 Å². The van der Waals surface area contributed by atoms with E-state index in [4.69, 9.17) is 4.42 Å². The molecule has 0 aromatic carbocycles.